The van der Waals surface area contributed by atoms with Gasteiger partial charge in [-0.05, 0) is 25.7 Å². The van der Waals surface area contributed by atoms with E-state index in [0.29, 0.717) is 6.04 Å². The Morgan fingerprint density at radius 3 is 3.27 bits per heavy atom. The van der Waals surface area contributed by atoms with Gasteiger partial charge in [-0.1, -0.05) is 13.3 Å². The molecule has 15 heavy (non-hydrogen) atoms. The molecule has 2 saturated heterocycles. The van der Waals surface area contributed by atoms with Crippen LogP contribution >= 0.6 is 0 Å². The summed E-state index contributed by atoms with van der Waals surface area (Å²) in [4.78, 5) is 10.8. The molecule has 2 atom stereocenters. The second-order valence-electron chi connectivity index (χ2n) is 4.73. The molecule has 0 saturated carbocycles. The van der Waals surface area contributed by atoms with E-state index in [1.165, 1.54) is 0 Å². The lowest BCUT2D eigenvalue weighted by molar-refractivity contribution is -0.111. The minimum atomic E-state index is -0.200. The predicted molar refractivity (Wildman–Crippen MR) is 58.3 cm³/mol. The molecule has 85 valence electrons. The van der Waals surface area contributed by atoms with E-state index in [9.17, 15) is 4.79 Å². The number of nitrogens with one attached hydrogen (secondary N) is 1. The van der Waals surface area contributed by atoms with Gasteiger partial charge in [-0.15, -0.1) is 0 Å². The van der Waals surface area contributed by atoms with Crippen molar-refractivity contribution < 1.29 is 9.53 Å². The Morgan fingerprint density at radius 2 is 2.53 bits per heavy atom. The zero-order valence-corrected chi connectivity index (χ0v) is 9.42. The van der Waals surface area contributed by atoms with E-state index in [1.807, 2.05) is 0 Å². The Kier molecular flexibility index (Phi) is 3.42. The topological polar surface area (TPSA) is 38.3 Å². The van der Waals surface area contributed by atoms with Crippen molar-refractivity contribution in [3.05, 3.63) is 5.92 Å². The SMILES string of the molecule is CCCCOC12CCC(C[C](C=O)C1)N2. The predicted octanol–water partition coefficient (Wildman–Crippen LogP) is 1.82. The monoisotopic (exact) mass is 210 g/mol. The lowest BCUT2D eigenvalue weighted by Gasteiger charge is -2.37. The summed E-state index contributed by atoms with van der Waals surface area (Å²) in [5, 5.41) is 3.53. The summed E-state index contributed by atoms with van der Waals surface area (Å²) in [6, 6.07) is 0.473. The number of ether oxygens (including phenoxy) is 1. The fourth-order valence-corrected chi connectivity index (χ4v) is 2.64. The maximum atomic E-state index is 10.8. The molecule has 2 unspecified atom stereocenters. The van der Waals surface area contributed by atoms with E-state index >= 15 is 0 Å². The fourth-order valence-electron chi connectivity index (χ4n) is 2.64. The van der Waals surface area contributed by atoms with Crippen molar-refractivity contribution in [1.29, 1.82) is 0 Å². The van der Waals surface area contributed by atoms with Crippen LogP contribution in [0.2, 0.25) is 0 Å². The van der Waals surface area contributed by atoms with Gasteiger partial charge in [0, 0.05) is 25.0 Å². The van der Waals surface area contributed by atoms with E-state index in [-0.39, 0.29) is 5.72 Å². The molecule has 2 rings (SSSR count). The molecule has 0 aliphatic carbocycles. The molecule has 0 aromatic carbocycles. The molecule has 2 aliphatic rings. The standard InChI is InChI=1S/C12H20NO2/c1-2-3-6-15-12-5-4-11(13-12)7-10(8-12)9-14/h9,11,13H,2-8H2,1H3. The van der Waals surface area contributed by atoms with E-state index in [0.717, 1.165) is 57.3 Å². The van der Waals surface area contributed by atoms with Crippen LogP contribution in [0, 0.1) is 5.92 Å². The average molecular weight is 210 g/mol. The molecule has 2 bridgehead atoms. The first-order valence-electron chi connectivity index (χ1n) is 5.99. The number of hydrogen-bond donors (Lipinski definition) is 1. The number of carbonyl (C=O) groups is 1. The van der Waals surface area contributed by atoms with Gasteiger partial charge >= 0.3 is 0 Å². The number of aldehydes is 1. The van der Waals surface area contributed by atoms with E-state index in [1.54, 1.807) is 0 Å². The second-order valence-corrected chi connectivity index (χ2v) is 4.73. The van der Waals surface area contributed by atoms with E-state index in [2.05, 4.69) is 12.2 Å². The van der Waals surface area contributed by atoms with Crippen LogP contribution in [0.4, 0.5) is 0 Å². The van der Waals surface area contributed by atoms with Crippen LogP contribution in [0.1, 0.15) is 45.4 Å². The van der Waals surface area contributed by atoms with Gasteiger partial charge in [0.05, 0.1) is 0 Å². The maximum Gasteiger partial charge on any atom is 0.127 e. The summed E-state index contributed by atoms with van der Waals surface area (Å²) in [7, 11) is 0. The molecule has 0 aromatic heterocycles. The zero-order chi connectivity index (χ0) is 10.7. The number of rotatable bonds is 5. The van der Waals surface area contributed by atoms with Crippen molar-refractivity contribution in [2.75, 3.05) is 6.61 Å². The van der Waals surface area contributed by atoms with Crippen LogP contribution in [0.3, 0.4) is 0 Å². The minimum Gasteiger partial charge on any atom is -0.361 e. The lowest BCUT2D eigenvalue weighted by Crippen LogP contribution is -2.51. The molecule has 0 amide bonds. The van der Waals surface area contributed by atoms with E-state index in [4.69, 9.17) is 4.74 Å². The van der Waals surface area contributed by atoms with Crippen LogP contribution in [-0.4, -0.2) is 24.7 Å². The molecule has 2 fully saturated rings. The molecule has 0 spiro atoms. The quantitative estimate of drug-likeness (QED) is 0.555. The number of carbonyl (C=O) groups excluding carboxylic acids is 1. The second kappa shape index (κ2) is 4.62. The largest absolute Gasteiger partial charge is 0.361 e. The highest BCUT2D eigenvalue weighted by molar-refractivity contribution is 5.69. The van der Waals surface area contributed by atoms with Gasteiger partial charge in [-0.3, -0.25) is 5.32 Å². The summed E-state index contributed by atoms with van der Waals surface area (Å²) in [5.74, 6) is 1.02. The van der Waals surface area contributed by atoms with Crippen LogP contribution in [-0.2, 0) is 9.53 Å². The van der Waals surface area contributed by atoms with Crippen LogP contribution in [0.25, 0.3) is 0 Å². The van der Waals surface area contributed by atoms with Crippen molar-refractivity contribution in [1.82, 2.24) is 5.32 Å². The van der Waals surface area contributed by atoms with Gasteiger partial charge in [0.2, 0.25) is 0 Å². The molecule has 2 aliphatic heterocycles. The molecule has 2 heterocycles. The van der Waals surface area contributed by atoms with Crippen molar-refractivity contribution in [3.63, 3.8) is 0 Å². The Balaban J connectivity index is 1.91. The summed E-state index contributed by atoms with van der Waals surface area (Å²) in [6.07, 6.45) is 7.19. The first kappa shape index (κ1) is 11.1. The molecule has 3 heteroatoms. The molecule has 3 nitrogen and oxygen atoms in total. The van der Waals surface area contributed by atoms with Gasteiger partial charge in [-0.2, -0.15) is 0 Å². The van der Waals surface area contributed by atoms with Crippen LogP contribution in [0.15, 0.2) is 0 Å². The van der Waals surface area contributed by atoms with E-state index < -0.39 is 0 Å². The third-order valence-electron chi connectivity index (χ3n) is 3.43. The van der Waals surface area contributed by atoms with Crippen molar-refractivity contribution in [2.45, 2.75) is 57.2 Å². The highest BCUT2D eigenvalue weighted by atomic mass is 16.5. The van der Waals surface area contributed by atoms with Gasteiger partial charge in [0.25, 0.3) is 0 Å². The highest BCUT2D eigenvalue weighted by Crippen LogP contribution is 2.39. The van der Waals surface area contributed by atoms with Crippen molar-refractivity contribution >= 4 is 6.29 Å². The van der Waals surface area contributed by atoms with Gasteiger partial charge < -0.3 is 9.53 Å². The van der Waals surface area contributed by atoms with Crippen LogP contribution < -0.4 is 5.32 Å². The third kappa shape index (κ3) is 2.40. The minimum absolute atomic E-state index is 0.200. The van der Waals surface area contributed by atoms with Crippen molar-refractivity contribution in [3.8, 4) is 0 Å². The molecular formula is C12H20NO2. The molecular weight excluding hydrogens is 190 g/mol. The molecule has 1 radical (unpaired) electrons. The van der Waals surface area contributed by atoms with Crippen molar-refractivity contribution in [2.24, 2.45) is 0 Å². The highest BCUT2D eigenvalue weighted by Gasteiger charge is 2.46. The normalized spacial score (nSPS) is 35.7. The molecule has 1 N–H and O–H groups in total. The van der Waals surface area contributed by atoms with Crippen LogP contribution in [0.5, 0.6) is 0 Å². The fraction of sp³-hybridized carbons (Fsp3) is 0.833. The summed E-state index contributed by atoms with van der Waals surface area (Å²) < 4.78 is 5.94. The number of fused-ring (bicyclic) bond motifs is 2. The smallest absolute Gasteiger partial charge is 0.127 e. The summed E-state index contributed by atoms with van der Waals surface area (Å²) in [5.41, 5.74) is -0.200. The molecule has 0 aromatic rings. The zero-order valence-electron chi connectivity index (χ0n) is 9.42. The maximum absolute atomic E-state index is 10.8. The van der Waals surface area contributed by atoms with Gasteiger partial charge in [-0.25, -0.2) is 0 Å². The lowest BCUT2D eigenvalue weighted by atomic mass is 9.91. The Labute approximate surface area is 91.6 Å². The third-order valence-corrected chi connectivity index (χ3v) is 3.43. The Bertz CT molecular complexity index is 232. The first-order chi connectivity index (χ1) is 7.28. The van der Waals surface area contributed by atoms with Gasteiger partial charge in [0.1, 0.15) is 12.0 Å². The number of hydrogen-bond acceptors (Lipinski definition) is 3. The average Bonchev–Trinajstić information content (AvgIpc) is 2.55. The summed E-state index contributed by atoms with van der Waals surface area (Å²) in [6.45, 7) is 2.97. The first-order valence-corrected chi connectivity index (χ1v) is 5.99. The van der Waals surface area contributed by atoms with Gasteiger partial charge in [0.15, 0.2) is 0 Å². The Morgan fingerprint density at radius 1 is 1.67 bits per heavy atom. The number of piperidine rings is 1. The Hall–Kier alpha value is -0.410. The summed E-state index contributed by atoms with van der Waals surface area (Å²) >= 11 is 0. The number of unbranched alkanes of at least 4 members (excludes halogenated alkanes) is 1.